The molecule has 152 valence electrons. The molecule has 0 amide bonds. The van der Waals surface area contributed by atoms with E-state index in [1.165, 1.54) is 12.8 Å². The standard InChI is InChI=1S/C20H37BN2O3Si/c1-18(2,3)27(9,10)24-17(14-11-12-14)16-15(13-22-23(16)8)21-25-19(4,5)20(6,7)26-21/h13-14,17H,11-12H2,1-10H3. The van der Waals surface area contributed by atoms with Gasteiger partial charge in [-0.1, -0.05) is 20.8 Å². The topological polar surface area (TPSA) is 45.5 Å². The van der Waals surface area contributed by atoms with Crippen LogP contribution in [0.15, 0.2) is 6.20 Å². The molecule has 1 aliphatic carbocycles. The van der Waals surface area contributed by atoms with Gasteiger partial charge in [0.15, 0.2) is 8.32 Å². The smallest absolute Gasteiger partial charge is 0.408 e. The van der Waals surface area contributed by atoms with Crippen molar-refractivity contribution in [3.05, 3.63) is 11.9 Å². The third-order valence-corrected chi connectivity index (χ3v) is 11.5. The summed E-state index contributed by atoms with van der Waals surface area (Å²) in [6.07, 6.45) is 4.40. The molecule has 0 spiro atoms. The quantitative estimate of drug-likeness (QED) is 0.705. The summed E-state index contributed by atoms with van der Waals surface area (Å²) in [4.78, 5) is 0. The summed E-state index contributed by atoms with van der Waals surface area (Å²) in [6.45, 7) is 19.9. The Kier molecular flexibility index (Phi) is 5.03. The van der Waals surface area contributed by atoms with E-state index < -0.39 is 15.4 Å². The second kappa shape index (κ2) is 6.44. The van der Waals surface area contributed by atoms with E-state index in [1.54, 1.807) is 0 Å². The fourth-order valence-electron chi connectivity index (χ4n) is 3.23. The lowest BCUT2D eigenvalue weighted by Gasteiger charge is -2.39. The maximum Gasteiger partial charge on any atom is 0.498 e. The van der Waals surface area contributed by atoms with Crippen LogP contribution in [0.2, 0.25) is 18.1 Å². The van der Waals surface area contributed by atoms with E-state index in [0.29, 0.717) is 5.92 Å². The normalized spacial score (nSPS) is 23.7. The summed E-state index contributed by atoms with van der Waals surface area (Å²) in [7, 11) is -0.303. The Morgan fingerprint density at radius 2 is 1.70 bits per heavy atom. The van der Waals surface area contributed by atoms with Gasteiger partial charge in [0.05, 0.1) is 23.0 Å². The van der Waals surface area contributed by atoms with Crippen LogP contribution in [0.1, 0.15) is 73.1 Å². The van der Waals surface area contributed by atoms with Gasteiger partial charge in [-0.3, -0.25) is 4.68 Å². The summed E-state index contributed by atoms with van der Waals surface area (Å²) < 4.78 is 21.6. The molecule has 3 rings (SSSR count). The molecule has 1 atom stereocenters. The lowest BCUT2D eigenvalue weighted by Crippen LogP contribution is -2.44. The van der Waals surface area contributed by atoms with Crippen molar-refractivity contribution in [1.82, 2.24) is 9.78 Å². The lowest BCUT2D eigenvalue weighted by molar-refractivity contribution is 0.00578. The molecule has 5 nitrogen and oxygen atoms in total. The molecule has 0 N–H and O–H groups in total. The summed E-state index contributed by atoms with van der Waals surface area (Å²) in [5.41, 5.74) is 1.42. The van der Waals surface area contributed by atoms with Gasteiger partial charge in [-0.25, -0.2) is 0 Å². The van der Waals surface area contributed by atoms with Gasteiger partial charge in [-0.05, 0) is 64.6 Å². The number of aryl methyl sites for hydroxylation is 1. The van der Waals surface area contributed by atoms with Crippen LogP contribution in [0, 0.1) is 5.92 Å². The van der Waals surface area contributed by atoms with E-state index in [2.05, 4.69) is 66.7 Å². The molecule has 0 aromatic carbocycles. The summed E-state index contributed by atoms with van der Waals surface area (Å²) in [5.74, 6) is 0.565. The Hall–Kier alpha value is -0.628. The average Bonchev–Trinajstić information content (AvgIpc) is 3.20. The Bertz CT molecular complexity index is 689. The Balaban J connectivity index is 1.96. The van der Waals surface area contributed by atoms with Gasteiger partial charge in [-0.15, -0.1) is 0 Å². The molecule has 1 saturated carbocycles. The first-order chi connectivity index (χ1) is 12.2. The predicted octanol–water partition coefficient (Wildman–Crippen LogP) is 4.19. The highest BCUT2D eigenvalue weighted by Gasteiger charge is 2.54. The molecule has 7 heteroatoms. The highest BCUT2D eigenvalue weighted by atomic mass is 28.4. The minimum Gasteiger partial charge on any atom is -0.408 e. The lowest BCUT2D eigenvalue weighted by atomic mass is 9.78. The van der Waals surface area contributed by atoms with Crippen molar-refractivity contribution in [2.75, 3.05) is 0 Å². The molecule has 0 bridgehead atoms. The Morgan fingerprint density at radius 1 is 1.19 bits per heavy atom. The van der Waals surface area contributed by atoms with Crippen molar-refractivity contribution in [2.24, 2.45) is 13.0 Å². The molecule has 2 heterocycles. The zero-order chi connectivity index (χ0) is 20.4. The molecule has 1 unspecified atom stereocenters. The van der Waals surface area contributed by atoms with E-state index in [1.807, 2.05) is 17.9 Å². The number of aromatic nitrogens is 2. The third-order valence-electron chi connectivity index (χ3n) is 7.07. The number of nitrogens with zero attached hydrogens (tertiary/aromatic N) is 2. The maximum absolute atomic E-state index is 6.92. The second-order valence-electron chi connectivity index (χ2n) is 10.8. The monoisotopic (exact) mass is 392 g/mol. The van der Waals surface area contributed by atoms with Gasteiger partial charge in [0, 0.05) is 18.7 Å². The minimum absolute atomic E-state index is 0.0624. The van der Waals surface area contributed by atoms with Crippen molar-refractivity contribution in [1.29, 1.82) is 0 Å². The van der Waals surface area contributed by atoms with Crippen molar-refractivity contribution in [3.63, 3.8) is 0 Å². The van der Waals surface area contributed by atoms with Gasteiger partial charge >= 0.3 is 7.12 Å². The maximum atomic E-state index is 6.92. The largest absolute Gasteiger partial charge is 0.498 e. The van der Waals surface area contributed by atoms with Gasteiger partial charge in [0.1, 0.15) is 0 Å². The van der Waals surface area contributed by atoms with E-state index in [0.717, 1.165) is 11.2 Å². The molecule has 1 aliphatic heterocycles. The van der Waals surface area contributed by atoms with Crippen LogP contribution in [-0.2, 0) is 20.8 Å². The average molecular weight is 392 g/mol. The zero-order valence-corrected chi connectivity index (χ0v) is 19.8. The van der Waals surface area contributed by atoms with Crippen LogP contribution in [0.5, 0.6) is 0 Å². The van der Waals surface area contributed by atoms with Crippen molar-refractivity contribution >= 4 is 20.9 Å². The highest BCUT2D eigenvalue weighted by molar-refractivity contribution is 6.74. The molecule has 27 heavy (non-hydrogen) atoms. The van der Waals surface area contributed by atoms with Crippen molar-refractivity contribution < 1.29 is 13.7 Å². The Morgan fingerprint density at radius 3 is 2.15 bits per heavy atom. The first-order valence-corrected chi connectivity index (χ1v) is 13.1. The molecule has 1 aromatic rings. The molecule has 2 aliphatic rings. The molecule has 2 fully saturated rings. The number of rotatable bonds is 5. The second-order valence-corrected chi connectivity index (χ2v) is 15.6. The first-order valence-electron chi connectivity index (χ1n) is 10.2. The highest BCUT2D eigenvalue weighted by Crippen LogP contribution is 2.48. The van der Waals surface area contributed by atoms with Crippen molar-refractivity contribution in [2.45, 2.75) is 96.7 Å². The van der Waals surface area contributed by atoms with E-state index in [9.17, 15) is 0 Å². The molecule has 1 saturated heterocycles. The van der Waals surface area contributed by atoms with Crippen molar-refractivity contribution in [3.8, 4) is 0 Å². The third kappa shape index (κ3) is 3.80. The molecular formula is C20H37BN2O3Si. The van der Waals surface area contributed by atoms with Crippen LogP contribution in [0.25, 0.3) is 0 Å². The minimum atomic E-state index is -1.91. The summed E-state index contributed by atoms with van der Waals surface area (Å²) in [6, 6.07) is 0. The van der Waals surface area contributed by atoms with Gasteiger partial charge in [0.25, 0.3) is 0 Å². The zero-order valence-electron chi connectivity index (χ0n) is 18.8. The van der Waals surface area contributed by atoms with E-state index >= 15 is 0 Å². The van der Waals surface area contributed by atoms with E-state index in [4.69, 9.17) is 13.7 Å². The summed E-state index contributed by atoms with van der Waals surface area (Å²) >= 11 is 0. The van der Waals surface area contributed by atoms with Crippen LogP contribution < -0.4 is 5.46 Å². The molecule has 1 aromatic heterocycles. The first kappa shape index (κ1) is 21.1. The molecule has 0 radical (unpaired) electrons. The van der Waals surface area contributed by atoms with Crippen LogP contribution in [0.4, 0.5) is 0 Å². The van der Waals surface area contributed by atoms with Crippen LogP contribution in [-0.4, -0.2) is 36.4 Å². The van der Waals surface area contributed by atoms with E-state index in [-0.39, 0.29) is 22.3 Å². The number of hydrogen-bond acceptors (Lipinski definition) is 4. The van der Waals surface area contributed by atoms with Gasteiger partial charge in [-0.2, -0.15) is 5.10 Å². The van der Waals surface area contributed by atoms with Crippen LogP contribution >= 0.6 is 0 Å². The fraction of sp³-hybridized carbons (Fsp3) is 0.850. The number of hydrogen-bond donors (Lipinski definition) is 0. The Labute approximate surface area is 166 Å². The predicted molar refractivity (Wildman–Crippen MR) is 113 cm³/mol. The van der Waals surface area contributed by atoms with Gasteiger partial charge < -0.3 is 13.7 Å². The molecular weight excluding hydrogens is 355 g/mol. The van der Waals surface area contributed by atoms with Crippen LogP contribution in [0.3, 0.4) is 0 Å². The summed E-state index contributed by atoms with van der Waals surface area (Å²) in [5, 5.41) is 4.74. The van der Waals surface area contributed by atoms with Gasteiger partial charge in [0.2, 0.25) is 0 Å². The SMILES string of the molecule is Cn1ncc(B2OC(C)(C)C(C)(C)O2)c1C(O[Si](C)(C)C(C)(C)C)C1CC1. The fourth-order valence-corrected chi connectivity index (χ4v) is 4.52.